The molecule has 0 unspecified atom stereocenters. The molecular weight excluding hydrogens is 307 g/mol. The van der Waals surface area contributed by atoms with Gasteiger partial charge in [-0.25, -0.2) is 9.37 Å². The lowest BCUT2D eigenvalue weighted by molar-refractivity contribution is 0.281. The van der Waals surface area contributed by atoms with Crippen molar-refractivity contribution in [2.24, 2.45) is 0 Å². The maximum absolute atomic E-state index is 13.6. The molecule has 0 radical (unpaired) electrons. The Morgan fingerprint density at radius 1 is 1.30 bits per heavy atom. The third-order valence-corrected chi connectivity index (χ3v) is 3.95. The van der Waals surface area contributed by atoms with Crippen LogP contribution in [0.25, 0.3) is 0 Å². The smallest absolute Gasteiger partial charge is 0.279 e. The second-order valence-corrected chi connectivity index (χ2v) is 5.96. The summed E-state index contributed by atoms with van der Waals surface area (Å²) in [5.41, 5.74) is 0.254. The van der Waals surface area contributed by atoms with Crippen LogP contribution in [0.3, 0.4) is 0 Å². The van der Waals surface area contributed by atoms with Crippen molar-refractivity contribution < 1.29 is 17.9 Å². The van der Waals surface area contributed by atoms with Crippen LogP contribution in [0.5, 0.6) is 0 Å². The number of aliphatic hydroxyl groups excluding tert-OH is 1. The molecule has 0 amide bonds. The molecule has 20 heavy (non-hydrogen) atoms. The van der Waals surface area contributed by atoms with Crippen LogP contribution < -0.4 is 4.72 Å². The van der Waals surface area contributed by atoms with E-state index in [1.807, 2.05) is 0 Å². The molecule has 1 heterocycles. The molecule has 0 aliphatic heterocycles. The fourth-order valence-electron chi connectivity index (χ4n) is 1.43. The normalized spacial score (nSPS) is 11.3. The number of hydrogen-bond donors (Lipinski definition) is 2. The number of pyridine rings is 1. The van der Waals surface area contributed by atoms with Gasteiger partial charge < -0.3 is 5.11 Å². The van der Waals surface area contributed by atoms with Crippen LogP contribution in [0.1, 0.15) is 5.56 Å². The lowest BCUT2D eigenvalue weighted by Gasteiger charge is -2.08. The summed E-state index contributed by atoms with van der Waals surface area (Å²) in [7, 11) is -4.00. The van der Waals surface area contributed by atoms with Gasteiger partial charge in [-0.05, 0) is 29.8 Å². The number of halogens is 2. The molecule has 0 spiro atoms. The fourth-order valence-corrected chi connectivity index (χ4v) is 2.59. The second-order valence-electron chi connectivity index (χ2n) is 3.89. The van der Waals surface area contributed by atoms with Gasteiger partial charge in [0.2, 0.25) is 0 Å². The van der Waals surface area contributed by atoms with E-state index in [9.17, 15) is 12.8 Å². The molecular formula is C12H10ClFN2O3S. The number of anilines is 1. The Bertz CT molecular complexity index is 720. The van der Waals surface area contributed by atoms with E-state index in [2.05, 4.69) is 9.71 Å². The molecule has 0 aliphatic carbocycles. The first-order valence-electron chi connectivity index (χ1n) is 5.46. The highest BCUT2D eigenvalue weighted by Gasteiger charge is 2.17. The van der Waals surface area contributed by atoms with Crippen molar-refractivity contribution in [2.75, 3.05) is 4.72 Å². The number of aromatic nitrogens is 1. The zero-order valence-corrected chi connectivity index (χ0v) is 11.6. The zero-order chi connectivity index (χ0) is 14.8. The minimum Gasteiger partial charge on any atom is -0.392 e. The molecule has 0 aliphatic rings. The quantitative estimate of drug-likeness (QED) is 0.906. The van der Waals surface area contributed by atoms with E-state index in [1.54, 1.807) is 0 Å². The number of aliphatic hydroxyl groups is 1. The first-order valence-corrected chi connectivity index (χ1v) is 7.32. The summed E-state index contributed by atoms with van der Waals surface area (Å²) in [4.78, 5) is 3.71. The number of rotatable bonds is 4. The average molecular weight is 317 g/mol. The summed E-state index contributed by atoms with van der Waals surface area (Å²) in [5, 5.41) is 8.75. The number of benzene rings is 1. The molecule has 0 fully saturated rings. The Hall–Kier alpha value is -1.70. The van der Waals surface area contributed by atoms with Gasteiger partial charge in [-0.1, -0.05) is 17.7 Å². The first kappa shape index (κ1) is 14.7. The lowest BCUT2D eigenvalue weighted by Crippen LogP contribution is -2.15. The minimum absolute atomic E-state index is 0.163. The molecule has 0 bridgehead atoms. The molecule has 0 saturated carbocycles. The van der Waals surface area contributed by atoms with E-state index >= 15 is 0 Å². The van der Waals surface area contributed by atoms with E-state index < -0.39 is 15.8 Å². The Morgan fingerprint density at radius 2 is 2.05 bits per heavy atom. The minimum atomic E-state index is -4.00. The highest BCUT2D eigenvalue weighted by atomic mass is 35.5. The second kappa shape index (κ2) is 5.74. The van der Waals surface area contributed by atoms with Gasteiger partial charge in [-0.3, -0.25) is 4.72 Å². The van der Waals surface area contributed by atoms with E-state index in [-0.39, 0.29) is 22.3 Å². The van der Waals surface area contributed by atoms with Crippen molar-refractivity contribution in [1.82, 2.24) is 4.98 Å². The van der Waals surface area contributed by atoms with E-state index in [0.717, 1.165) is 6.07 Å². The lowest BCUT2D eigenvalue weighted by atomic mass is 10.3. The summed E-state index contributed by atoms with van der Waals surface area (Å²) >= 11 is 5.59. The predicted octanol–water partition coefficient (Wildman–Crippen LogP) is 2.17. The van der Waals surface area contributed by atoms with Crippen molar-refractivity contribution in [1.29, 1.82) is 0 Å². The van der Waals surface area contributed by atoms with E-state index in [4.69, 9.17) is 16.7 Å². The van der Waals surface area contributed by atoms with Crippen LogP contribution in [0.2, 0.25) is 5.02 Å². The molecule has 2 N–H and O–H groups in total. The molecule has 1 aromatic heterocycles. The average Bonchev–Trinajstić information content (AvgIpc) is 2.42. The summed E-state index contributed by atoms with van der Waals surface area (Å²) in [6.07, 6.45) is 1.23. The predicted molar refractivity (Wildman–Crippen MR) is 72.4 cm³/mol. The van der Waals surface area contributed by atoms with Crippen LogP contribution in [0, 0.1) is 5.82 Å². The topological polar surface area (TPSA) is 79.3 Å². The van der Waals surface area contributed by atoms with Crippen molar-refractivity contribution >= 4 is 27.3 Å². The van der Waals surface area contributed by atoms with Crippen LogP contribution >= 0.6 is 11.6 Å². The first-order chi connectivity index (χ1) is 9.42. The van der Waals surface area contributed by atoms with Crippen molar-refractivity contribution in [3.63, 3.8) is 0 Å². The SMILES string of the molecule is O=S(=O)(Nc1ccc(Cl)cc1F)c1ccc(CO)cn1. The summed E-state index contributed by atoms with van der Waals surface area (Å²) in [6.45, 7) is -0.243. The Labute approximate surface area is 120 Å². The highest BCUT2D eigenvalue weighted by Crippen LogP contribution is 2.21. The molecule has 2 aromatic rings. The van der Waals surface area contributed by atoms with Crippen molar-refractivity contribution in [2.45, 2.75) is 11.6 Å². The van der Waals surface area contributed by atoms with Gasteiger partial charge in [0.1, 0.15) is 5.82 Å². The van der Waals surface area contributed by atoms with E-state index in [1.165, 1.54) is 30.5 Å². The van der Waals surface area contributed by atoms with E-state index in [0.29, 0.717) is 5.56 Å². The fraction of sp³-hybridized carbons (Fsp3) is 0.0833. The maximum Gasteiger partial charge on any atom is 0.279 e. The molecule has 0 atom stereocenters. The van der Waals surface area contributed by atoms with Gasteiger partial charge in [-0.15, -0.1) is 0 Å². The largest absolute Gasteiger partial charge is 0.392 e. The third-order valence-electron chi connectivity index (χ3n) is 2.43. The van der Waals surface area contributed by atoms with Gasteiger partial charge in [-0.2, -0.15) is 8.42 Å². The van der Waals surface area contributed by atoms with Gasteiger partial charge in [0.15, 0.2) is 5.03 Å². The Morgan fingerprint density at radius 3 is 2.60 bits per heavy atom. The summed E-state index contributed by atoms with van der Waals surface area (Å²) in [5.74, 6) is -0.784. The van der Waals surface area contributed by atoms with Gasteiger partial charge in [0.05, 0.1) is 12.3 Å². The number of hydrogen-bond acceptors (Lipinski definition) is 4. The molecule has 0 saturated heterocycles. The summed E-state index contributed by atoms with van der Waals surface area (Å²) < 4.78 is 39.6. The van der Waals surface area contributed by atoms with Crippen molar-refractivity contribution in [3.05, 3.63) is 52.9 Å². The van der Waals surface area contributed by atoms with Gasteiger partial charge in [0, 0.05) is 11.2 Å². The van der Waals surface area contributed by atoms with Crippen molar-refractivity contribution in [3.8, 4) is 0 Å². The monoisotopic (exact) mass is 316 g/mol. The number of sulfonamides is 1. The van der Waals surface area contributed by atoms with Crippen LogP contribution in [-0.2, 0) is 16.6 Å². The molecule has 5 nitrogen and oxygen atoms in total. The highest BCUT2D eigenvalue weighted by molar-refractivity contribution is 7.92. The van der Waals surface area contributed by atoms with Crippen LogP contribution in [-0.4, -0.2) is 18.5 Å². The summed E-state index contributed by atoms with van der Waals surface area (Å²) in [6, 6.07) is 6.23. The number of nitrogens with zero attached hydrogens (tertiary/aromatic N) is 1. The Kier molecular flexibility index (Phi) is 4.22. The standard InChI is InChI=1S/C12H10ClFN2O3S/c13-9-2-3-11(10(14)5-9)16-20(18,19)12-4-1-8(7-17)6-15-12/h1-6,16-17H,7H2. The molecule has 8 heteroatoms. The van der Waals surface area contributed by atoms with Crippen LogP contribution in [0.4, 0.5) is 10.1 Å². The zero-order valence-electron chi connectivity index (χ0n) is 10.0. The van der Waals surface area contributed by atoms with Crippen LogP contribution in [0.15, 0.2) is 41.6 Å². The van der Waals surface area contributed by atoms with Gasteiger partial charge in [0.25, 0.3) is 10.0 Å². The Balaban J connectivity index is 2.30. The van der Waals surface area contributed by atoms with Gasteiger partial charge >= 0.3 is 0 Å². The molecule has 1 aromatic carbocycles. The number of nitrogens with one attached hydrogen (secondary N) is 1. The maximum atomic E-state index is 13.6. The molecule has 2 rings (SSSR count). The third kappa shape index (κ3) is 3.24. The molecule has 106 valence electrons.